The van der Waals surface area contributed by atoms with Gasteiger partial charge in [0, 0.05) is 37.6 Å². The summed E-state index contributed by atoms with van der Waals surface area (Å²) in [5.74, 6) is 0.787. The first-order valence-electron chi connectivity index (χ1n) is 9.46. The average Bonchev–Trinajstić information content (AvgIpc) is 2.99. The molecule has 30 heavy (non-hydrogen) atoms. The molecule has 1 unspecified atom stereocenters. The summed E-state index contributed by atoms with van der Waals surface area (Å²) in [6, 6.07) is 9.72. The Bertz CT molecular complexity index is 1050. The van der Waals surface area contributed by atoms with E-state index >= 15 is 0 Å². The molecule has 3 heterocycles. The van der Waals surface area contributed by atoms with Gasteiger partial charge in [0.05, 0.1) is 30.1 Å². The fourth-order valence-corrected chi connectivity index (χ4v) is 3.97. The Balaban J connectivity index is 0.00000160. The van der Waals surface area contributed by atoms with E-state index in [1.807, 2.05) is 56.1 Å². The zero-order valence-electron chi connectivity index (χ0n) is 17.5. The van der Waals surface area contributed by atoms with Gasteiger partial charge in [-0.2, -0.15) is 5.10 Å². The van der Waals surface area contributed by atoms with Gasteiger partial charge in [0.15, 0.2) is 5.65 Å². The number of halogens is 2. The molecule has 1 amide bonds. The predicted octanol–water partition coefficient (Wildman–Crippen LogP) is 3.22. The molecule has 1 saturated heterocycles. The molecule has 4 rings (SSSR count). The molecule has 7 nitrogen and oxygen atoms in total. The highest BCUT2D eigenvalue weighted by Crippen LogP contribution is 2.32. The van der Waals surface area contributed by atoms with E-state index in [1.54, 1.807) is 11.8 Å². The van der Waals surface area contributed by atoms with Crippen LogP contribution in [0.1, 0.15) is 33.4 Å². The van der Waals surface area contributed by atoms with E-state index in [9.17, 15) is 4.79 Å². The van der Waals surface area contributed by atoms with Crippen LogP contribution in [0.25, 0.3) is 11.0 Å². The maximum absolute atomic E-state index is 13.6. The zero-order chi connectivity index (χ0) is 19.8. The van der Waals surface area contributed by atoms with Crippen LogP contribution in [0.15, 0.2) is 30.3 Å². The van der Waals surface area contributed by atoms with Crippen molar-refractivity contribution < 1.29 is 9.53 Å². The van der Waals surface area contributed by atoms with Gasteiger partial charge in [-0.1, -0.05) is 18.2 Å². The summed E-state index contributed by atoms with van der Waals surface area (Å²) < 4.78 is 7.30. The number of methoxy groups -OCH3 is 1. The quantitative estimate of drug-likeness (QED) is 0.661. The number of piperazine rings is 1. The smallest absolute Gasteiger partial charge is 0.256 e. The van der Waals surface area contributed by atoms with E-state index < -0.39 is 0 Å². The molecule has 162 valence electrons. The van der Waals surface area contributed by atoms with Crippen LogP contribution in [-0.2, 0) is 7.05 Å². The number of ether oxygens (including phenoxy) is 1. The van der Waals surface area contributed by atoms with Crippen molar-refractivity contribution in [3.63, 3.8) is 0 Å². The summed E-state index contributed by atoms with van der Waals surface area (Å²) in [6.07, 6.45) is 0. The third-order valence-corrected chi connectivity index (χ3v) is 5.42. The topological polar surface area (TPSA) is 72.3 Å². The number of fused-ring (bicyclic) bond motifs is 1. The summed E-state index contributed by atoms with van der Waals surface area (Å²) in [7, 11) is 3.53. The zero-order valence-corrected chi connectivity index (χ0v) is 19.1. The van der Waals surface area contributed by atoms with E-state index in [0.29, 0.717) is 18.7 Å². The number of hydrogen-bond donors (Lipinski definition) is 1. The molecule has 0 radical (unpaired) electrons. The molecule has 0 spiro atoms. The number of aryl methyl sites for hydroxylation is 3. The second kappa shape index (κ2) is 9.64. The van der Waals surface area contributed by atoms with Crippen LogP contribution in [0.3, 0.4) is 0 Å². The van der Waals surface area contributed by atoms with Gasteiger partial charge in [-0.05, 0) is 26.0 Å². The lowest BCUT2D eigenvalue weighted by Crippen LogP contribution is -2.49. The molecule has 0 aliphatic carbocycles. The van der Waals surface area contributed by atoms with Crippen LogP contribution in [0.2, 0.25) is 0 Å². The third kappa shape index (κ3) is 4.10. The van der Waals surface area contributed by atoms with Crippen LogP contribution in [0.4, 0.5) is 0 Å². The van der Waals surface area contributed by atoms with Crippen molar-refractivity contribution in [3.8, 4) is 5.75 Å². The van der Waals surface area contributed by atoms with Crippen LogP contribution < -0.4 is 10.1 Å². The summed E-state index contributed by atoms with van der Waals surface area (Å²) in [4.78, 5) is 20.1. The maximum Gasteiger partial charge on any atom is 0.256 e. The Morgan fingerprint density at radius 3 is 2.67 bits per heavy atom. The standard InChI is InChI=1S/C21H25N5O2.2ClH/c1-13-17(11-16-14(2)24-25(3)20(16)23-13)21(27)26-10-9-22-12-18(26)15-7-5-6-8-19(15)28-4;;/h5-8,11,18,22H,9-10,12H2,1-4H3;2*1H. The average molecular weight is 452 g/mol. The summed E-state index contributed by atoms with van der Waals surface area (Å²) in [5, 5.41) is 8.75. The molecule has 2 aromatic heterocycles. The Hall–Kier alpha value is -2.35. The van der Waals surface area contributed by atoms with Crippen molar-refractivity contribution in [1.82, 2.24) is 25.0 Å². The minimum absolute atomic E-state index is 0. The molecular weight excluding hydrogens is 425 g/mol. The third-order valence-electron chi connectivity index (χ3n) is 5.42. The highest BCUT2D eigenvalue weighted by atomic mass is 35.5. The van der Waals surface area contributed by atoms with Gasteiger partial charge < -0.3 is 15.0 Å². The number of para-hydroxylation sites is 1. The molecule has 1 aliphatic heterocycles. The number of nitrogens with zero attached hydrogens (tertiary/aromatic N) is 4. The number of carbonyl (C=O) groups is 1. The number of carbonyl (C=O) groups excluding carboxylic acids is 1. The van der Waals surface area contributed by atoms with Crippen molar-refractivity contribution in [1.29, 1.82) is 0 Å². The Morgan fingerprint density at radius 2 is 1.93 bits per heavy atom. The molecule has 0 saturated carbocycles. The monoisotopic (exact) mass is 451 g/mol. The Kier molecular flexibility index (Phi) is 7.69. The SMILES string of the molecule is COc1ccccc1C1CNCCN1C(=O)c1cc2c(C)nn(C)c2nc1C.Cl.Cl. The Labute approximate surface area is 188 Å². The van der Waals surface area contributed by atoms with Crippen molar-refractivity contribution in [2.24, 2.45) is 7.05 Å². The minimum atomic E-state index is -0.0949. The van der Waals surface area contributed by atoms with Gasteiger partial charge in [0.25, 0.3) is 5.91 Å². The van der Waals surface area contributed by atoms with Crippen molar-refractivity contribution in [2.45, 2.75) is 19.9 Å². The number of hydrogen-bond acceptors (Lipinski definition) is 5. The normalized spacial score (nSPS) is 16.0. The highest BCUT2D eigenvalue weighted by Gasteiger charge is 2.31. The Morgan fingerprint density at radius 1 is 1.20 bits per heavy atom. The number of aromatic nitrogens is 3. The van der Waals surface area contributed by atoms with Crippen molar-refractivity contribution in [3.05, 3.63) is 52.8 Å². The molecule has 1 aromatic carbocycles. The van der Waals surface area contributed by atoms with Gasteiger partial charge in [-0.3, -0.25) is 9.48 Å². The van der Waals surface area contributed by atoms with Crippen LogP contribution in [0, 0.1) is 13.8 Å². The molecule has 3 aromatic rings. The van der Waals surface area contributed by atoms with Crippen LogP contribution >= 0.6 is 24.8 Å². The summed E-state index contributed by atoms with van der Waals surface area (Å²) >= 11 is 0. The second-order valence-corrected chi connectivity index (χ2v) is 7.16. The fourth-order valence-electron chi connectivity index (χ4n) is 3.97. The van der Waals surface area contributed by atoms with Crippen molar-refractivity contribution >= 4 is 41.8 Å². The molecule has 1 N–H and O–H groups in total. The number of amides is 1. The predicted molar refractivity (Wildman–Crippen MR) is 122 cm³/mol. The first-order valence-corrected chi connectivity index (χ1v) is 9.46. The molecule has 1 atom stereocenters. The van der Waals surface area contributed by atoms with Gasteiger partial charge in [0.2, 0.25) is 0 Å². The molecule has 0 bridgehead atoms. The van der Waals surface area contributed by atoms with E-state index in [-0.39, 0.29) is 36.8 Å². The van der Waals surface area contributed by atoms with Gasteiger partial charge >= 0.3 is 0 Å². The van der Waals surface area contributed by atoms with Crippen molar-refractivity contribution in [2.75, 3.05) is 26.7 Å². The fraction of sp³-hybridized carbons (Fsp3) is 0.381. The molecule has 9 heteroatoms. The molecular formula is C21H27Cl2N5O2. The molecule has 1 fully saturated rings. The number of nitrogens with one attached hydrogen (secondary N) is 1. The first-order chi connectivity index (χ1) is 13.5. The van der Waals surface area contributed by atoms with Crippen LogP contribution in [-0.4, -0.2) is 52.3 Å². The van der Waals surface area contributed by atoms with Gasteiger partial charge in [-0.25, -0.2) is 4.98 Å². The van der Waals surface area contributed by atoms with Crippen LogP contribution in [0.5, 0.6) is 5.75 Å². The molecule has 1 aliphatic rings. The van der Waals surface area contributed by atoms with Gasteiger partial charge in [0.1, 0.15) is 5.75 Å². The van der Waals surface area contributed by atoms with E-state index in [0.717, 1.165) is 40.3 Å². The number of benzene rings is 1. The number of pyridine rings is 1. The van der Waals surface area contributed by atoms with E-state index in [4.69, 9.17) is 4.74 Å². The highest BCUT2D eigenvalue weighted by molar-refractivity contribution is 5.99. The first kappa shape index (κ1) is 23.9. The minimum Gasteiger partial charge on any atom is -0.496 e. The van der Waals surface area contributed by atoms with E-state index in [2.05, 4.69) is 15.4 Å². The lowest BCUT2D eigenvalue weighted by Gasteiger charge is -2.37. The lowest BCUT2D eigenvalue weighted by molar-refractivity contribution is 0.0630. The lowest BCUT2D eigenvalue weighted by atomic mass is 10.00. The second-order valence-electron chi connectivity index (χ2n) is 7.16. The summed E-state index contributed by atoms with van der Waals surface area (Å²) in [5.41, 5.74) is 4.03. The van der Waals surface area contributed by atoms with E-state index in [1.165, 1.54) is 0 Å². The van der Waals surface area contributed by atoms with Gasteiger partial charge in [-0.15, -0.1) is 24.8 Å². The summed E-state index contributed by atoms with van der Waals surface area (Å²) in [6.45, 7) is 5.90. The number of rotatable bonds is 3. The maximum atomic E-state index is 13.6. The largest absolute Gasteiger partial charge is 0.496 e.